The number of hydrogen-bond donors (Lipinski definition) is 3. The maximum absolute atomic E-state index is 4.61. The number of aryl methyl sites for hydroxylation is 1. The van der Waals surface area contributed by atoms with E-state index in [0.29, 0.717) is 0 Å². The monoisotopic (exact) mass is 494 g/mol. The zero-order chi connectivity index (χ0) is 18.9. The number of hydrogen-bond acceptors (Lipinski definition) is 5. The number of fused-ring (bicyclic) bond motifs is 1. The predicted octanol–water partition coefficient (Wildman–Crippen LogP) is 2.28. The first-order valence-electron chi connectivity index (χ1n) is 9.21. The van der Waals surface area contributed by atoms with Gasteiger partial charge >= 0.3 is 0 Å². The number of benzene rings is 1. The van der Waals surface area contributed by atoms with Crippen LogP contribution in [0.15, 0.2) is 47.7 Å². The maximum atomic E-state index is 4.61. The molecule has 0 bridgehead atoms. The van der Waals surface area contributed by atoms with Gasteiger partial charge in [0, 0.05) is 45.0 Å². The quantitative estimate of drug-likeness (QED) is 0.193. The summed E-state index contributed by atoms with van der Waals surface area (Å²) in [5.74, 6) is 2.64. The number of halogens is 1. The Morgan fingerprint density at radius 1 is 1.07 bits per heavy atom. The summed E-state index contributed by atoms with van der Waals surface area (Å²) in [5, 5.41) is 19.1. The van der Waals surface area contributed by atoms with E-state index >= 15 is 0 Å². The largest absolute Gasteiger partial charge is 0.368 e. The summed E-state index contributed by atoms with van der Waals surface area (Å²) in [7, 11) is 1.77. The second kappa shape index (κ2) is 11.4. The number of guanidine groups is 1. The Morgan fingerprint density at radius 3 is 2.71 bits per heavy atom. The van der Waals surface area contributed by atoms with E-state index in [9.17, 15) is 0 Å². The third-order valence-corrected chi connectivity index (χ3v) is 4.20. The number of nitrogens with one attached hydrogen (secondary N) is 3. The van der Waals surface area contributed by atoms with Crippen LogP contribution >= 0.6 is 24.0 Å². The molecule has 150 valence electrons. The highest BCUT2D eigenvalue weighted by atomic mass is 127. The van der Waals surface area contributed by atoms with Crippen molar-refractivity contribution in [2.45, 2.75) is 19.9 Å². The Labute approximate surface area is 182 Å². The van der Waals surface area contributed by atoms with Crippen LogP contribution in [0.25, 0.3) is 10.9 Å². The number of nitrogens with zero attached hydrogens (tertiary/aromatic N) is 5. The van der Waals surface area contributed by atoms with Gasteiger partial charge in [-0.25, -0.2) is 4.98 Å². The Balaban J connectivity index is 0.00000280. The van der Waals surface area contributed by atoms with Gasteiger partial charge in [0.05, 0.1) is 5.52 Å². The molecule has 9 heteroatoms. The van der Waals surface area contributed by atoms with Crippen LogP contribution in [0.2, 0.25) is 0 Å². The Kier molecular flexibility index (Phi) is 8.92. The Hall–Kier alpha value is -2.43. The molecule has 3 aromatic rings. The zero-order valence-electron chi connectivity index (χ0n) is 16.2. The molecule has 0 saturated heterocycles. The van der Waals surface area contributed by atoms with E-state index in [1.807, 2.05) is 28.8 Å². The summed E-state index contributed by atoms with van der Waals surface area (Å²) >= 11 is 0. The molecule has 2 aromatic heterocycles. The van der Waals surface area contributed by atoms with Crippen molar-refractivity contribution in [3.8, 4) is 0 Å². The van der Waals surface area contributed by atoms with Gasteiger partial charge in [0.25, 0.3) is 0 Å². The lowest BCUT2D eigenvalue weighted by Crippen LogP contribution is -2.40. The Morgan fingerprint density at radius 2 is 1.89 bits per heavy atom. The summed E-state index contributed by atoms with van der Waals surface area (Å²) < 4.78 is 2.05. The van der Waals surface area contributed by atoms with Gasteiger partial charge in [-0.3, -0.25) is 4.99 Å². The predicted molar refractivity (Wildman–Crippen MR) is 124 cm³/mol. The molecule has 0 fully saturated rings. The van der Waals surface area contributed by atoms with Gasteiger partial charge in [0.2, 0.25) is 0 Å². The highest BCUT2D eigenvalue weighted by Gasteiger charge is 2.02. The van der Waals surface area contributed by atoms with Crippen molar-refractivity contribution in [1.82, 2.24) is 30.4 Å². The van der Waals surface area contributed by atoms with Crippen molar-refractivity contribution in [2.24, 2.45) is 4.99 Å². The third-order valence-electron chi connectivity index (χ3n) is 4.20. The average molecular weight is 494 g/mol. The minimum absolute atomic E-state index is 0. The van der Waals surface area contributed by atoms with E-state index in [4.69, 9.17) is 0 Å². The van der Waals surface area contributed by atoms with E-state index in [0.717, 1.165) is 61.1 Å². The number of anilines is 1. The van der Waals surface area contributed by atoms with Crippen molar-refractivity contribution in [2.75, 3.05) is 32.0 Å². The maximum Gasteiger partial charge on any atom is 0.191 e. The molecule has 0 aliphatic rings. The normalized spacial score (nSPS) is 11.1. The molecule has 0 amide bonds. The van der Waals surface area contributed by atoms with Gasteiger partial charge in [-0.15, -0.1) is 34.2 Å². The van der Waals surface area contributed by atoms with Crippen molar-refractivity contribution < 1.29 is 0 Å². The van der Waals surface area contributed by atoms with Gasteiger partial charge in [-0.2, -0.15) is 0 Å². The highest BCUT2D eigenvalue weighted by Crippen LogP contribution is 2.13. The van der Waals surface area contributed by atoms with Crippen LogP contribution in [-0.2, 0) is 13.0 Å². The lowest BCUT2D eigenvalue weighted by molar-refractivity contribution is 0.633. The van der Waals surface area contributed by atoms with Crippen molar-refractivity contribution in [1.29, 1.82) is 0 Å². The van der Waals surface area contributed by atoms with Crippen LogP contribution < -0.4 is 16.0 Å². The second-order valence-corrected chi connectivity index (χ2v) is 6.04. The molecule has 0 aliphatic carbocycles. The van der Waals surface area contributed by atoms with Crippen LogP contribution in [0.3, 0.4) is 0 Å². The molecular weight excluding hydrogens is 467 g/mol. The number of para-hydroxylation sites is 1. The van der Waals surface area contributed by atoms with Crippen LogP contribution in [0.4, 0.5) is 5.82 Å². The molecule has 3 rings (SSSR count). The van der Waals surface area contributed by atoms with Gasteiger partial charge in [0.1, 0.15) is 18.0 Å². The number of pyridine rings is 1. The molecule has 1 aromatic carbocycles. The molecule has 0 atom stereocenters. The average Bonchev–Trinajstić information content (AvgIpc) is 3.17. The molecule has 3 N–H and O–H groups in total. The van der Waals surface area contributed by atoms with Crippen LogP contribution in [-0.4, -0.2) is 52.4 Å². The first-order chi connectivity index (χ1) is 13.3. The smallest absolute Gasteiger partial charge is 0.191 e. The fourth-order valence-electron chi connectivity index (χ4n) is 2.79. The number of aromatic nitrogens is 4. The third kappa shape index (κ3) is 6.04. The van der Waals surface area contributed by atoms with E-state index in [1.54, 1.807) is 13.4 Å². The van der Waals surface area contributed by atoms with Gasteiger partial charge in [-0.05, 0) is 18.2 Å². The van der Waals surface area contributed by atoms with E-state index in [2.05, 4.69) is 55.2 Å². The van der Waals surface area contributed by atoms with Crippen molar-refractivity contribution in [3.63, 3.8) is 0 Å². The molecule has 8 nitrogen and oxygen atoms in total. The summed E-state index contributed by atoms with van der Waals surface area (Å²) in [6.45, 7) is 5.12. The molecule has 2 heterocycles. The lowest BCUT2D eigenvalue weighted by atomic mass is 10.2. The standard InChI is InChI=1S/C19H26N8.HI/c1-3-18-26-24-14-27(18)13-12-23-19(20-2)22-11-10-21-17-9-8-15-6-4-5-7-16(15)25-17;/h4-9,14H,3,10-13H2,1-2H3,(H,21,25)(H2,20,22,23);1H. The first-order valence-corrected chi connectivity index (χ1v) is 9.21. The van der Waals surface area contributed by atoms with E-state index in [-0.39, 0.29) is 24.0 Å². The molecule has 0 unspecified atom stereocenters. The number of aliphatic imine (C=N–C) groups is 1. The first kappa shape index (κ1) is 21.9. The van der Waals surface area contributed by atoms with Gasteiger partial charge in [0.15, 0.2) is 5.96 Å². The van der Waals surface area contributed by atoms with E-state index < -0.39 is 0 Å². The van der Waals surface area contributed by atoms with Gasteiger partial charge in [-0.1, -0.05) is 25.1 Å². The Bertz CT molecular complexity index is 892. The molecule has 0 saturated carbocycles. The van der Waals surface area contributed by atoms with Crippen LogP contribution in [0.5, 0.6) is 0 Å². The zero-order valence-corrected chi connectivity index (χ0v) is 18.6. The number of rotatable bonds is 8. The summed E-state index contributed by atoms with van der Waals surface area (Å²) in [6, 6.07) is 12.2. The SMILES string of the molecule is CCc1nncn1CCNC(=NC)NCCNc1ccc2ccccc2n1.I. The molecule has 0 aliphatic heterocycles. The molecule has 28 heavy (non-hydrogen) atoms. The lowest BCUT2D eigenvalue weighted by Gasteiger charge is -2.13. The minimum atomic E-state index is 0. The molecular formula is C19H27IN8. The minimum Gasteiger partial charge on any atom is -0.368 e. The van der Waals surface area contributed by atoms with Gasteiger partial charge < -0.3 is 20.5 Å². The van der Waals surface area contributed by atoms with Crippen LogP contribution in [0, 0.1) is 0 Å². The van der Waals surface area contributed by atoms with Crippen molar-refractivity contribution >= 4 is 46.7 Å². The summed E-state index contributed by atoms with van der Waals surface area (Å²) in [4.78, 5) is 8.85. The molecule has 0 radical (unpaired) electrons. The second-order valence-electron chi connectivity index (χ2n) is 6.04. The van der Waals surface area contributed by atoms with Crippen molar-refractivity contribution in [3.05, 3.63) is 48.5 Å². The highest BCUT2D eigenvalue weighted by molar-refractivity contribution is 14.0. The fraction of sp³-hybridized carbons (Fsp3) is 0.368. The topological polar surface area (TPSA) is 92.0 Å². The van der Waals surface area contributed by atoms with Crippen LogP contribution in [0.1, 0.15) is 12.7 Å². The summed E-state index contributed by atoms with van der Waals surface area (Å²) in [6.07, 6.45) is 2.64. The fourth-order valence-corrected chi connectivity index (χ4v) is 2.79. The molecule has 0 spiro atoms. The van der Waals surface area contributed by atoms with E-state index in [1.165, 1.54) is 0 Å². The summed E-state index contributed by atoms with van der Waals surface area (Å²) in [5.41, 5.74) is 0.994.